The van der Waals surface area contributed by atoms with Gasteiger partial charge in [-0.25, -0.2) is 0 Å². The molecule has 0 aliphatic rings. The molecule has 0 aliphatic heterocycles. The summed E-state index contributed by atoms with van der Waals surface area (Å²) < 4.78 is 1.89. The maximum atomic E-state index is 5.37. The summed E-state index contributed by atoms with van der Waals surface area (Å²) in [5.74, 6) is 0. The van der Waals surface area contributed by atoms with Gasteiger partial charge in [-0.1, -0.05) is 26.0 Å². The van der Waals surface area contributed by atoms with Crippen molar-refractivity contribution in [3.05, 3.63) is 83.9 Å². The number of fused-ring (bicyclic) bond motifs is 2. The molecule has 0 saturated heterocycles. The van der Waals surface area contributed by atoms with E-state index >= 15 is 0 Å². The summed E-state index contributed by atoms with van der Waals surface area (Å²) in [5, 5.41) is 5.39. The second-order valence-corrected chi connectivity index (χ2v) is 14.7. The summed E-state index contributed by atoms with van der Waals surface area (Å²) in [4.78, 5) is 0. The molecule has 0 aliphatic carbocycles. The summed E-state index contributed by atoms with van der Waals surface area (Å²) in [6.07, 6.45) is 0. The van der Waals surface area contributed by atoms with Crippen LogP contribution in [0.3, 0.4) is 0 Å². The Morgan fingerprint density at radius 2 is 1.12 bits per heavy atom. The maximum Gasteiger partial charge on any atom is -0.0579 e. The van der Waals surface area contributed by atoms with E-state index in [0.717, 1.165) is 0 Å². The van der Waals surface area contributed by atoms with Crippen molar-refractivity contribution < 1.29 is 18.9 Å². The molecule has 0 spiro atoms. The average Bonchev–Trinajstić information content (AvgIpc) is 3.16. The Morgan fingerprint density at radius 1 is 0.760 bits per heavy atom. The van der Waals surface area contributed by atoms with Gasteiger partial charge < -0.3 is 0 Å². The topological polar surface area (TPSA) is 0 Å². The van der Waals surface area contributed by atoms with E-state index in [1.807, 2.05) is 10.6 Å². The summed E-state index contributed by atoms with van der Waals surface area (Å²) in [5.41, 5.74) is 2.70. The Morgan fingerprint density at radius 3 is 1.44 bits per heavy atom. The van der Waals surface area contributed by atoms with Crippen molar-refractivity contribution in [2.75, 3.05) is 0 Å². The van der Waals surface area contributed by atoms with Crippen LogP contribution in [0.2, 0.25) is 0 Å². The fourth-order valence-electron chi connectivity index (χ4n) is 2.61. The van der Waals surface area contributed by atoms with Crippen molar-refractivity contribution in [2.24, 2.45) is 0 Å². The number of rotatable bonds is 0. The quantitative estimate of drug-likeness (QED) is 0.245. The molecule has 0 N–H and O–H groups in total. The molecule has 0 heterocycles. The Labute approximate surface area is 165 Å². The Balaban J connectivity index is 0.000000144. The van der Waals surface area contributed by atoms with Gasteiger partial charge in [0.05, 0.1) is 0 Å². The van der Waals surface area contributed by atoms with Crippen LogP contribution in [0.1, 0.15) is 18.1 Å². The van der Waals surface area contributed by atoms with Crippen molar-refractivity contribution in [1.29, 1.82) is 0 Å². The van der Waals surface area contributed by atoms with E-state index in [1.54, 1.807) is 0 Å². The third-order valence-corrected chi connectivity index (χ3v) is 7.40. The van der Waals surface area contributed by atoms with Gasteiger partial charge in [0.1, 0.15) is 0 Å². The zero-order chi connectivity index (χ0) is 18.2. The van der Waals surface area contributed by atoms with Gasteiger partial charge in [0.25, 0.3) is 0 Å². The molecule has 0 fully saturated rings. The molecule has 4 aromatic rings. The molecule has 25 heavy (non-hydrogen) atoms. The molecular weight excluding hydrogens is 426 g/mol. The van der Waals surface area contributed by atoms with Gasteiger partial charge in [-0.2, -0.15) is 12.1 Å². The molecule has 130 valence electrons. The van der Waals surface area contributed by atoms with E-state index in [-0.39, 0.29) is 0 Å². The van der Waals surface area contributed by atoms with Gasteiger partial charge in [0.2, 0.25) is 0 Å². The summed E-state index contributed by atoms with van der Waals surface area (Å²) in [6.45, 7) is 6.15. The molecule has 4 aromatic carbocycles. The predicted molar refractivity (Wildman–Crippen MR) is 112 cm³/mol. The zero-order valence-corrected chi connectivity index (χ0v) is 18.7. The van der Waals surface area contributed by atoms with Crippen molar-refractivity contribution in [2.45, 2.75) is 20.8 Å². The number of hydrogen-bond acceptors (Lipinski definition) is 0. The van der Waals surface area contributed by atoms with E-state index in [2.05, 4.69) is 86.6 Å². The number of benzene rings is 2. The largest absolute Gasteiger partial charge is 0.165 e. The molecule has 0 amide bonds. The van der Waals surface area contributed by atoms with Crippen LogP contribution in [0.15, 0.2) is 72.8 Å². The van der Waals surface area contributed by atoms with Crippen LogP contribution in [0.5, 0.6) is 0 Å². The van der Waals surface area contributed by atoms with E-state index in [9.17, 15) is 0 Å². The SMILES string of the molecule is C[CH]=[Zr]([Cl])[Cl].Cc1cc2ccccc2[cH-]1.Cc1cc2ccccc2[cH-]1. The van der Waals surface area contributed by atoms with Crippen LogP contribution < -0.4 is 0 Å². The Kier molecular flexibility index (Phi) is 8.30. The molecule has 4 rings (SSSR count). The average molecular weight is 449 g/mol. The van der Waals surface area contributed by atoms with Crippen molar-refractivity contribution >= 4 is 42.3 Å². The van der Waals surface area contributed by atoms with Crippen molar-refractivity contribution in [3.63, 3.8) is 0 Å². The number of hydrogen-bond donors (Lipinski definition) is 0. The summed E-state index contributed by atoms with van der Waals surface area (Å²) in [6, 6.07) is 25.7. The van der Waals surface area contributed by atoms with Gasteiger partial charge in [0, 0.05) is 0 Å². The molecule has 0 saturated carbocycles. The first-order valence-corrected chi connectivity index (χ1v) is 16.0. The molecular formula is C22H22Cl2Zr-2. The number of aryl methyl sites for hydroxylation is 2. The van der Waals surface area contributed by atoms with Crippen LogP contribution >= 0.6 is 17.0 Å². The summed E-state index contributed by atoms with van der Waals surface area (Å²) in [7, 11) is 10.7. The first-order chi connectivity index (χ1) is 12.0. The summed E-state index contributed by atoms with van der Waals surface area (Å²) >= 11 is -1.76. The molecule has 3 heteroatoms. The first-order valence-electron chi connectivity index (χ1n) is 8.21. The Hall–Kier alpha value is -1.01. The van der Waals surface area contributed by atoms with Gasteiger partial charge in [-0.05, 0) is 0 Å². The molecule has 0 bridgehead atoms. The van der Waals surface area contributed by atoms with Crippen LogP contribution in [0.25, 0.3) is 21.5 Å². The second-order valence-electron chi connectivity index (χ2n) is 5.90. The normalized spacial score (nSPS) is 9.80. The molecule has 0 nitrogen and oxygen atoms in total. The standard InChI is InChI=1S/2C10H9.C2H4.2ClH.Zr/c2*1-8-6-9-4-2-3-5-10(9)7-8;1-2;;;/h2*2-7H,1H3;1H,2H3;2*1H;/q2*-1;;;;+2/p-2. The maximum absolute atomic E-state index is 5.37. The number of halogens is 2. The van der Waals surface area contributed by atoms with Crippen molar-refractivity contribution in [3.8, 4) is 0 Å². The fraction of sp³-hybridized carbons (Fsp3) is 0.136. The van der Waals surface area contributed by atoms with Crippen LogP contribution in [-0.2, 0) is 18.9 Å². The molecule has 0 radical (unpaired) electrons. The van der Waals surface area contributed by atoms with Crippen LogP contribution in [0.4, 0.5) is 0 Å². The predicted octanol–water partition coefficient (Wildman–Crippen LogP) is 7.47. The minimum Gasteiger partial charge on any atom is -0.165 e. The molecule has 0 atom stereocenters. The minimum absolute atomic E-state index is 1.35. The van der Waals surface area contributed by atoms with Gasteiger partial charge >= 0.3 is 46.5 Å². The fourth-order valence-corrected chi connectivity index (χ4v) is 2.61. The van der Waals surface area contributed by atoms with Crippen LogP contribution in [0, 0.1) is 13.8 Å². The molecule has 0 unspecified atom stereocenters. The smallest absolute Gasteiger partial charge is 0.0579 e. The minimum atomic E-state index is -1.76. The second kappa shape index (κ2) is 10.2. The van der Waals surface area contributed by atoms with E-state index < -0.39 is 18.9 Å². The third kappa shape index (κ3) is 6.66. The van der Waals surface area contributed by atoms with E-state index in [0.29, 0.717) is 0 Å². The first kappa shape index (κ1) is 20.3. The van der Waals surface area contributed by atoms with E-state index in [1.165, 1.54) is 32.7 Å². The van der Waals surface area contributed by atoms with Crippen molar-refractivity contribution in [1.82, 2.24) is 0 Å². The monoisotopic (exact) mass is 446 g/mol. The van der Waals surface area contributed by atoms with Gasteiger partial charge in [-0.15, -0.1) is 81.2 Å². The molecule has 0 aromatic heterocycles. The Bertz CT molecular complexity index is 818. The zero-order valence-electron chi connectivity index (χ0n) is 14.8. The third-order valence-electron chi connectivity index (χ3n) is 3.74. The van der Waals surface area contributed by atoms with Crippen LogP contribution in [-0.4, -0.2) is 3.71 Å². The van der Waals surface area contributed by atoms with E-state index in [4.69, 9.17) is 17.0 Å². The van der Waals surface area contributed by atoms with Gasteiger partial charge in [-0.3, -0.25) is 0 Å². The van der Waals surface area contributed by atoms with Gasteiger partial charge in [0.15, 0.2) is 0 Å².